The van der Waals surface area contributed by atoms with E-state index in [1.165, 1.54) is 7.11 Å². The molecule has 0 heterocycles. The highest BCUT2D eigenvalue weighted by Gasteiger charge is 2.08. The molecule has 0 unspecified atom stereocenters. The second-order valence-corrected chi connectivity index (χ2v) is 3.08. The van der Waals surface area contributed by atoms with Crippen molar-refractivity contribution in [2.45, 2.75) is 6.42 Å². The van der Waals surface area contributed by atoms with Crippen LogP contribution in [-0.4, -0.2) is 30.6 Å². The van der Waals surface area contributed by atoms with Crippen LogP contribution in [0, 0.1) is 0 Å². The Morgan fingerprint density at radius 1 is 1.31 bits per heavy atom. The average molecular weight is 224 g/mol. The van der Waals surface area contributed by atoms with E-state index in [0.29, 0.717) is 11.5 Å². The fourth-order valence-corrected chi connectivity index (χ4v) is 1.07. The number of ether oxygens (including phenoxy) is 2. The maximum atomic E-state index is 11.0. The summed E-state index contributed by atoms with van der Waals surface area (Å²) in [7, 11) is 1.52. The third-order valence-electron chi connectivity index (χ3n) is 1.79. The lowest BCUT2D eigenvalue weighted by Crippen LogP contribution is -2.15. The first-order chi connectivity index (χ1) is 7.61. The molecule has 0 bridgehead atoms. The molecule has 0 aliphatic rings. The molecule has 0 radical (unpaired) electrons. The van der Waals surface area contributed by atoms with Crippen molar-refractivity contribution in [3.63, 3.8) is 0 Å². The van der Waals surface area contributed by atoms with E-state index in [-0.39, 0.29) is 6.61 Å². The van der Waals surface area contributed by atoms with Crippen molar-refractivity contribution in [1.29, 1.82) is 0 Å². The number of ketones is 1. The minimum Gasteiger partial charge on any atom is -0.497 e. The summed E-state index contributed by atoms with van der Waals surface area (Å²) in [5, 5.41) is 8.37. The topological polar surface area (TPSA) is 72.8 Å². The largest absolute Gasteiger partial charge is 0.497 e. The van der Waals surface area contributed by atoms with Gasteiger partial charge in [-0.25, -0.2) is 0 Å². The minimum absolute atomic E-state index is 0.251. The summed E-state index contributed by atoms with van der Waals surface area (Å²) in [6.07, 6.45) is -0.524. The number of carboxylic acids is 1. The lowest BCUT2D eigenvalue weighted by atomic mass is 10.3. The zero-order valence-electron chi connectivity index (χ0n) is 8.80. The van der Waals surface area contributed by atoms with Crippen molar-refractivity contribution in [2.75, 3.05) is 13.7 Å². The van der Waals surface area contributed by atoms with E-state index in [1.807, 2.05) is 0 Å². The maximum absolute atomic E-state index is 11.0. The van der Waals surface area contributed by atoms with E-state index in [4.69, 9.17) is 14.6 Å². The first kappa shape index (κ1) is 12.0. The SMILES string of the molecule is COc1cccc(OCC(=O)CC(=O)O)c1. The molecule has 16 heavy (non-hydrogen) atoms. The van der Waals surface area contributed by atoms with Gasteiger partial charge in [0.1, 0.15) is 24.5 Å². The molecule has 0 saturated carbocycles. The monoisotopic (exact) mass is 224 g/mol. The lowest BCUT2D eigenvalue weighted by Gasteiger charge is -2.06. The number of methoxy groups -OCH3 is 1. The van der Waals surface area contributed by atoms with Crippen LogP contribution >= 0.6 is 0 Å². The van der Waals surface area contributed by atoms with E-state index < -0.39 is 18.2 Å². The molecule has 0 fully saturated rings. The average Bonchev–Trinajstić information content (AvgIpc) is 2.26. The fourth-order valence-electron chi connectivity index (χ4n) is 1.07. The van der Waals surface area contributed by atoms with Gasteiger partial charge in [0.25, 0.3) is 0 Å². The van der Waals surface area contributed by atoms with Crippen LogP contribution in [0.4, 0.5) is 0 Å². The first-order valence-corrected chi connectivity index (χ1v) is 4.62. The number of carbonyl (C=O) groups excluding carboxylic acids is 1. The summed E-state index contributed by atoms with van der Waals surface area (Å²) in [4.78, 5) is 21.3. The third-order valence-corrected chi connectivity index (χ3v) is 1.79. The van der Waals surface area contributed by atoms with Gasteiger partial charge < -0.3 is 14.6 Å². The fraction of sp³-hybridized carbons (Fsp3) is 0.273. The number of Topliss-reactive ketones (excluding diaryl/α,β-unsaturated/α-hetero) is 1. The Morgan fingerprint density at radius 2 is 2.00 bits per heavy atom. The molecule has 0 atom stereocenters. The number of hydrogen-bond donors (Lipinski definition) is 1. The molecule has 1 aromatic rings. The molecule has 86 valence electrons. The molecule has 1 N–H and O–H groups in total. The smallest absolute Gasteiger partial charge is 0.311 e. The van der Waals surface area contributed by atoms with Crippen molar-refractivity contribution in [3.8, 4) is 11.5 Å². The normalized spacial score (nSPS) is 9.56. The summed E-state index contributed by atoms with van der Waals surface area (Å²) in [6, 6.07) is 6.74. The van der Waals surface area contributed by atoms with Crippen LogP contribution in [0.3, 0.4) is 0 Å². The number of carboxylic acid groups (broad SMARTS) is 1. The molecule has 5 nitrogen and oxygen atoms in total. The van der Waals surface area contributed by atoms with Crippen LogP contribution in [0.5, 0.6) is 11.5 Å². The van der Waals surface area contributed by atoms with Crippen molar-refractivity contribution in [1.82, 2.24) is 0 Å². The Labute approximate surface area is 92.6 Å². The summed E-state index contributed by atoms with van der Waals surface area (Å²) in [5.74, 6) is -0.546. The van der Waals surface area contributed by atoms with Gasteiger partial charge in [-0.3, -0.25) is 9.59 Å². The van der Waals surface area contributed by atoms with Gasteiger partial charge in [-0.2, -0.15) is 0 Å². The van der Waals surface area contributed by atoms with Gasteiger partial charge in [-0.1, -0.05) is 6.07 Å². The zero-order valence-corrected chi connectivity index (χ0v) is 8.80. The van der Waals surface area contributed by atoms with Crippen LogP contribution in [0.1, 0.15) is 6.42 Å². The highest BCUT2D eigenvalue weighted by Crippen LogP contribution is 2.18. The summed E-state index contributed by atoms with van der Waals surface area (Å²) in [6.45, 7) is -0.251. The summed E-state index contributed by atoms with van der Waals surface area (Å²) >= 11 is 0. The van der Waals surface area contributed by atoms with Crippen molar-refractivity contribution in [2.24, 2.45) is 0 Å². The van der Waals surface area contributed by atoms with Gasteiger partial charge in [0.15, 0.2) is 5.78 Å². The molecule has 1 aromatic carbocycles. The molecule has 0 aliphatic heterocycles. The van der Waals surface area contributed by atoms with Gasteiger partial charge in [0, 0.05) is 6.07 Å². The molecule has 0 amide bonds. The number of rotatable bonds is 6. The van der Waals surface area contributed by atoms with E-state index >= 15 is 0 Å². The van der Waals surface area contributed by atoms with Crippen LogP contribution in [0.25, 0.3) is 0 Å². The zero-order chi connectivity index (χ0) is 12.0. The molecule has 1 rings (SSSR count). The Kier molecular flexibility index (Phi) is 4.32. The minimum atomic E-state index is -1.15. The van der Waals surface area contributed by atoms with Gasteiger partial charge in [0.05, 0.1) is 7.11 Å². The second-order valence-electron chi connectivity index (χ2n) is 3.08. The number of benzene rings is 1. The van der Waals surface area contributed by atoms with Crippen LogP contribution in [0.2, 0.25) is 0 Å². The van der Waals surface area contributed by atoms with Gasteiger partial charge in [-0.15, -0.1) is 0 Å². The van der Waals surface area contributed by atoms with Crippen molar-refractivity contribution < 1.29 is 24.2 Å². The molecule has 0 aromatic heterocycles. The Balaban J connectivity index is 2.47. The van der Waals surface area contributed by atoms with Gasteiger partial charge in [-0.05, 0) is 12.1 Å². The van der Waals surface area contributed by atoms with E-state index in [2.05, 4.69) is 0 Å². The molecule has 5 heteroatoms. The third kappa shape index (κ3) is 4.00. The molecule has 0 spiro atoms. The highest BCUT2D eigenvalue weighted by atomic mass is 16.5. The maximum Gasteiger partial charge on any atom is 0.311 e. The quantitative estimate of drug-likeness (QED) is 0.733. The van der Waals surface area contributed by atoms with Crippen LogP contribution in [-0.2, 0) is 9.59 Å². The summed E-state index contributed by atoms with van der Waals surface area (Å²) < 4.78 is 10.1. The van der Waals surface area contributed by atoms with Crippen LogP contribution < -0.4 is 9.47 Å². The van der Waals surface area contributed by atoms with Crippen molar-refractivity contribution in [3.05, 3.63) is 24.3 Å². The number of aliphatic carboxylic acids is 1. The molecule has 0 aliphatic carbocycles. The Bertz CT molecular complexity index is 386. The predicted molar refractivity (Wildman–Crippen MR) is 55.7 cm³/mol. The molecular weight excluding hydrogens is 212 g/mol. The van der Waals surface area contributed by atoms with Gasteiger partial charge >= 0.3 is 5.97 Å². The second kappa shape index (κ2) is 5.75. The van der Waals surface area contributed by atoms with E-state index in [1.54, 1.807) is 24.3 Å². The molecule has 0 saturated heterocycles. The highest BCUT2D eigenvalue weighted by molar-refractivity contribution is 5.95. The van der Waals surface area contributed by atoms with Gasteiger partial charge in [0.2, 0.25) is 0 Å². The number of carbonyl (C=O) groups is 2. The first-order valence-electron chi connectivity index (χ1n) is 4.62. The van der Waals surface area contributed by atoms with E-state index in [9.17, 15) is 9.59 Å². The predicted octanol–water partition coefficient (Wildman–Crippen LogP) is 1.12. The number of hydrogen-bond acceptors (Lipinski definition) is 4. The summed E-state index contributed by atoms with van der Waals surface area (Å²) in [5.41, 5.74) is 0. The Hall–Kier alpha value is -2.04. The Morgan fingerprint density at radius 3 is 2.62 bits per heavy atom. The lowest BCUT2D eigenvalue weighted by molar-refractivity contribution is -0.140. The van der Waals surface area contributed by atoms with Crippen molar-refractivity contribution >= 4 is 11.8 Å². The standard InChI is InChI=1S/C11H12O5/c1-15-9-3-2-4-10(6-9)16-7-8(12)5-11(13)14/h2-4,6H,5,7H2,1H3,(H,13,14). The molecular formula is C11H12O5. The van der Waals surface area contributed by atoms with E-state index in [0.717, 1.165) is 0 Å². The van der Waals surface area contributed by atoms with Crippen LogP contribution in [0.15, 0.2) is 24.3 Å².